The van der Waals surface area contributed by atoms with Crippen LogP contribution in [-0.2, 0) is 9.59 Å². The number of hydrogen-bond donors (Lipinski definition) is 2. The van der Waals surface area contributed by atoms with Gasteiger partial charge in [-0.15, -0.1) is 0 Å². The van der Waals surface area contributed by atoms with Crippen LogP contribution < -0.4 is 10.6 Å². The third kappa shape index (κ3) is 5.40. The predicted molar refractivity (Wildman–Crippen MR) is 93.8 cm³/mol. The zero-order valence-electron chi connectivity index (χ0n) is 13.4. The monoisotopic (exact) mass is 356 g/mol. The van der Waals surface area contributed by atoms with Crippen LogP contribution in [0.5, 0.6) is 0 Å². The van der Waals surface area contributed by atoms with Crippen LogP contribution in [0.2, 0.25) is 10.0 Å². The number of carbonyl (C=O) groups excluding carboxylic acids is 2. The molecule has 2 amide bonds. The molecule has 1 aromatic rings. The highest BCUT2D eigenvalue weighted by Gasteiger charge is 2.30. The van der Waals surface area contributed by atoms with Gasteiger partial charge in [-0.05, 0) is 57.7 Å². The van der Waals surface area contributed by atoms with Crippen LogP contribution in [0.4, 0.5) is 5.69 Å². The molecule has 2 N–H and O–H groups in total. The van der Waals surface area contributed by atoms with Crippen molar-refractivity contribution in [2.24, 2.45) is 11.8 Å². The molecular formula is C17H22Cl2N2O2. The summed E-state index contributed by atoms with van der Waals surface area (Å²) < 4.78 is 0. The van der Waals surface area contributed by atoms with Gasteiger partial charge in [0.25, 0.3) is 0 Å². The molecule has 2 rings (SSSR count). The first-order valence-electron chi connectivity index (χ1n) is 7.92. The molecule has 4 nitrogen and oxygen atoms in total. The molecule has 1 aliphatic carbocycles. The molecule has 0 bridgehead atoms. The van der Waals surface area contributed by atoms with Gasteiger partial charge < -0.3 is 10.6 Å². The highest BCUT2D eigenvalue weighted by Crippen LogP contribution is 2.30. The molecule has 0 spiro atoms. The second-order valence-corrected chi connectivity index (χ2v) is 7.23. The number of anilines is 1. The summed E-state index contributed by atoms with van der Waals surface area (Å²) in [5, 5.41) is 6.78. The van der Waals surface area contributed by atoms with Crippen molar-refractivity contribution >= 4 is 40.7 Å². The lowest BCUT2D eigenvalue weighted by atomic mass is 9.81. The second kappa shape index (κ2) is 8.02. The summed E-state index contributed by atoms with van der Waals surface area (Å²) in [4.78, 5) is 24.4. The third-order valence-electron chi connectivity index (χ3n) is 4.03. The van der Waals surface area contributed by atoms with Crippen molar-refractivity contribution in [3.8, 4) is 0 Å². The van der Waals surface area contributed by atoms with Crippen molar-refractivity contribution in [3.05, 3.63) is 28.2 Å². The topological polar surface area (TPSA) is 58.2 Å². The zero-order valence-corrected chi connectivity index (χ0v) is 14.9. The first-order chi connectivity index (χ1) is 10.8. The Hall–Kier alpha value is -1.26. The summed E-state index contributed by atoms with van der Waals surface area (Å²) in [6, 6.07) is 5.12. The van der Waals surface area contributed by atoms with Crippen LogP contribution in [0.3, 0.4) is 0 Å². The zero-order chi connectivity index (χ0) is 17.0. The van der Waals surface area contributed by atoms with Gasteiger partial charge in [0.2, 0.25) is 11.8 Å². The molecule has 0 saturated heterocycles. The van der Waals surface area contributed by atoms with Crippen LogP contribution in [0.1, 0.15) is 39.5 Å². The van der Waals surface area contributed by atoms with Gasteiger partial charge in [0.05, 0.1) is 0 Å². The Bertz CT molecular complexity index is 562. The maximum Gasteiger partial charge on any atom is 0.227 e. The van der Waals surface area contributed by atoms with Gasteiger partial charge in [-0.2, -0.15) is 0 Å². The Morgan fingerprint density at radius 2 is 1.43 bits per heavy atom. The fourth-order valence-corrected chi connectivity index (χ4v) is 3.42. The van der Waals surface area contributed by atoms with E-state index in [-0.39, 0.29) is 29.7 Å². The molecule has 0 radical (unpaired) electrons. The van der Waals surface area contributed by atoms with Gasteiger partial charge in [-0.25, -0.2) is 0 Å². The number of carbonyl (C=O) groups is 2. The van der Waals surface area contributed by atoms with Crippen LogP contribution in [0.25, 0.3) is 0 Å². The number of rotatable bonds is 4. The largest absolute Gasteiger partial charge is 0.354 e. The Morgan fingerprint density at radius 1 is 0.957 bits per heavy atom. The Morgan fingerprint density at radius 3 is 1.91 bits per heavy atom. The van der Waals surface area contributed by atoms with E-state index in [2.05, 4.69) is 10.6 Å². The van der Waals surface area contributed by atoms with Gasteiger partial charge in [0.15, 0.2) is 0 Å². The Kier molecular flexibility index (Phi) is 6.31. The molecule has 0 unspecified atom stereocenters. The Balaban J connectivity index is 1.87. The van der Waals surface area contributed by atoms with Crippen molar-refractivity contribution in [2.45, 2.75) is 45.6 Å². The molecule has 1 fully saturated rings. The molecule has 0 aliphatic heterocycles. The number of benzene rings is 1. The van der Waals surface area contributed by atoms with Gasteiger partial charge in [-0.1, -0.05) is 23.2 Å². The SMILES string of the molecule is CC(C)NC(=O)C1CCC(C(=O)Nc2cc(Cl)cc(Cl)c2)CC1. The highest BCUT2D eigenvalue weighted by atomic mass is 35.5. The molecule has 0 aromatic heterocycles. The van der Waals surface area contributed by atoms with Crippen molar-refractivity contribution in [1.82, 2.24) is 5.32 Å². The molecule has 126 valence electrons. The second-order valence-electron chi connectivity index (χ2n) is 6.36. The van der Waals surface area contributed by atoms with E-state index in [1.54, 1.807) is 18.2 Å². The van der Waals surface area contributed by atoms with Crippen molar-refractivity contribution in [2.75, 3.05) is 5.32 Å². The molecule has 1 aromatic carbocycles. The van der Waals surface area contributed by atoms with Gasteiger partial charge in [0, 0.05) is 33.6 Å². The van der Waals surface area contributed by atoms with Gasteiger partial charge in [0.1, 0.15) is 0 Å². The van der Waals surface area contributed by atoms with Crippen molar-refractivity contribution in [3.63, 3.8) is 0 Å². The molecule has 1 saturated carbocycles. The molecule has 6 heteroatoms. The van der Waals surface area contributed by atoms with E-state index >= 15 is 0 Å². The van der Waals surface area contributed by atoms with Crippen LogP contribution in [0, 0.1) is 11.8 Å². The van der Waals surface area contributed by atoms with E-state index in [9.17, 15) is 9.59 Å². The minimum atomic E-state index is -0.0733. The van der Waals surface area contributed by atoms with Crippen molar-refractivity contribution < 1.29 is 9.59 Å². The lowest BCUT2D eigenvalue weighted by molar-refractivity contribution is -0.128. The summed E-state index contributed by atoms with van der Waals surface area (Å²) in [6.45, 7) is 3.90. The van der Waals surface area contributed by atoms with Crippen LogP contribution in [0.15, 0.2) is 18.2 Å². The smallest absolute Gasteiger partial charge is 0.227 e. The van der Waals surface area contributed by atoms with E-state index < -0.39 is 0 Å². The average Bonchev–Trinajstić information content (AvgIpc) is 2.45. The first-order valence-corrected chi connectivity index (χ1v) is 8.68. The van der Waals surface area contributed by atoms with Gasteiger partial charge in [-0.3, -0.25) is 9.59 Å². The van der Waals surface area contributed by atoms with E-state index in [0.29, 0.717) is 15.7 Å². The Labute approximate surface area is 146 Å². The minimum Gasteiger partial charge on any atom is -0.354 e. The number of hydrogen-bond acceptors (Lipinski definition) is 2. The number of halogens is 2. The predicted octanol–water partition coefficient (Wildman–Crippen LogP) is 4.26. The summed E-state index contributed by atoms with van der Waals surface area (Å²) in [6.07, 6.45) is 2.92. The summed E-state index contributed by atoms with van der Waals surface area (Å²) >= 11 is 11.9. The van der Waals surface area contributed by atoms with E-state index in [0.717, 1.165) is 25.7 Å². The molecular weight excluding hydrogens is 335 g/mol. The van der Waals surface area contributed by atoms with Crippen LogP contribution >= 0.6 is 23.2 Å². The maximum atomic E-state index is 12.3. The average molecular weight is 357 g/mol. The summed E-state index contributed by atoms with van der Waals surface area (Å²) in [5.74, 6) is 0.00412. The molecule has 1 aliphatic rings. The van der Waals surface area contributed by atoms with Gasteiger partial charge >= 0.3 is 0 Å². The number of amides is 2. The number of nitrogens with one attached hydrogen (secondary N) is 2. The fourth-order valence-electron chi connectivity index (χ4n) is 2.89. The van der Waals surface area contributed by atoms with E-state index in [1.165, 1.54) is 0 Å². The lowest BCUT2D eigenvalue weighted by Gasteiger charge is -2.27. The highest BCUT2D eigenvalue weighted by molar-refractivity contribution is 6.35. The van der Waals surface area contributed by atoms with Crippen molar-refractivity contribution in [1.29, 1.82) is 0 Å². The quantitative estimate of drug-likeness (QED) is 0.846. The maximum absolute atomic E-state index is 12.3. The normalized spacial score (nSPS) is 21.1. The summed E-state index contributed by atoms with van der Waals surface area (Å²) in [5.41, 5.74) is 0.604. The molecule has 23 heavy (non-hydrogen) atoms. The molecule has 0 heterocycles. The van der Waals surface area contributed by atoms with E-state index in [4.69, 9.17) is 23.2 Å². The third-order valence-corrected chi connectivity index (χ3v) is 4.47. The summed E-state index contributed by atoms with van der Waals surface area (Å²) in [7, 11) is 0. The van der Waals surface area contributed by atoms with Crippen LogP contribution in [-0.4, -0.2) is 17.9 Å². The fraction of sp³-hybridized carbons (Fsp3) is 0.529. The standard InChI is InChI=1S/C17H22Cl2N2O2/c1-10(2)20-16(22)11-3-5-12(6-4-11)17(23)21-15-8-13(18)7-14(19)9-15/h7-12H,3-6H2,1-2H3,(H,20,22)(H,21,23). The lowest BCUT2D eigenvalue weighted by Crippen LogP contribution is -2.38. The molecule has 0 atom stereocenters. The first kappa shape index (κ1) is 18.1. The minimum absolute atomic E-state index is 0.0158. The van der Waals surface area contributed by atoms with E-state index in [1.807, 2.05) is 13.8 Å².